The molecule has 2 aliphatic rings. The number of hydrogen-bond acceptors (Lipinski definition) is 4. The number of ether oxygens (including phenoxy) is 1. The minimum absolute atomic E-state index is 0. The Morgan fingerprint density at radius 3 is 2.76 bits per heavy atom. The number of aliphatic imine (C=N–C) groups is 1. The SMILES string of the molecule is CCOC1CC(NC(=NC)NCc2cc(C(C)C)no2)C12CCC2.I. The maximum atomic E-state index is 5.91. The molecule has 142 valence electrons. The van der Waals surface area contributed by atoms with Crippen LogP contribution in [-0.4, -0.2) is 36.9 Å². The molecular formula is C18H31IN4O2. The average Bonchev–Trinajstić information content (AvgIpc) is 2.97. The van der Waals surface area contributed by atoms with Gasteiger partial charge < -0.3 is 19.9 Å². The molecule has 1 aromatic rings. The molecule has 2 saturated carbocycles. The summed E-state index contributed by atoms with van der Waals surface area (Å²) in [5.41, 5.74) is 1.31. The highest BCUT2D eigenvalue weighted by Crippen LogP contribution is 2.57. The number of guanidine groups is 1. The van der Waals surface area contributed by atoms with Crippen LogP contribution in [0.25, 0.3) is 0 Å². The van der Waals surface area contributed by atoms with Crippen LogP contribution in [0.15, 0.2) is 15.6 Å². The normalized spacial score (nSPS) is 24.4. The monoisotopic (exact) mass is 462 g/mol. The molecule has 25 heavy (non-hydrogen) atoms. The van der Waals surface area contributed by atoms with Gasteiger partial charge in [0, 0.05) is 31.2 Å². The van der Waals surface area contributed by atoms with Gasteiger partial charge in [0.1, 0.15) is 0 Å². The lowest BCUT2D eigenvalue weighted by molar-refractivity contribution is -0.168. The van der Waals surface area contributed by atoms with E-state index in [4.69, 9.17) is 9.26 Å². The molecule has 2 atom stereocenters. The van der Waals surface area contributed by atoms with Crippen molar-refractivity contribution in [2.75, 3.05) is 13.7 Å². The lowest BCUT2D eigenvalue weighted by atomic mass is 9.51. The first kappa shape index (κ1) is 20.5. The fourth-order valence-electron chi connectivity index (χ4n) is 3.86. The first-order chi connectivity index (χ1) is 11.6. The van der Waals surface area contributed by atoms with Gasteiger partial charge in [-0.1, -0.05) is 25.4 Å². The Morgan fingerprint density at radius 1 is 1.48 bits per heavy atom. The van der Waals surface area contributed by atoms with E-state index in [-0.39, 0.29) is 24.0 Å². The lowest BCUT2D eigenvalue weighted by Crippen LogP contribution is -2.68. The van der Waals surface area contributed by atoms with Crippen molar-refractivity contribution in [1.82, 2.24) is 15.8 Å². The summed E-state index contributed by atoms with van der Waals surface area (Å²) in [4.78, 5) is 4.35. The fraction of sp³-hybridized carbons (Fsp3) is 0.778. The van der Waals surface area contributed by atoms with Gasteiger partial charge in [-0.2, -0.15) is 0 Å². The smallest absolute Gasteiger partial charge is 0.191 e. The minimum atomic E-state index is 0. The van der Waals surface area contributed by atoms with E-state index in [1.54, 1.807) is 7.05 Å². The predicted molar refractivity (Wildman–Crippen MR) is 109 cm³/mol. The molecule has 2 N–H and O–H groups in total. The summed E-state index contributed by atoms with van der Waals surface area (Å²) >= 11 is 0. The summed E-state index contributed by atoms with van der Waals surface area (Å²) in [6, 6.07) is 2.46. The van der Waals surface area contributed by atoms with E-state index in [9.17, 15) is 0 Å². The summed E-state index contributed by atoms with van der Waals surface area (Å²) in [7, 11) is 1.81. The highest BCUT2D eigenvalue weighted by Gasteiger charge is 2.59. The van der Waals surface area contributed by atoms with Crippen LogP contribution in [0.3, 0.4) is 0 Å². The Balaban J connectivity index is 0.00000225. The summed E-state index contributed by atoms with van der Waals surface area (Å²) in [5.74, 6) is 2.04. The van der Waals surface area contributed by atoms with Gasteiger partial charge in [0.05, 0.1) is 18.3 Å². The summed E-state index contributed by atoms with van der Waals surface area (Å²) in [5, 5.41) is 11.0. The first-order valence-corrected chi connectivity index (χ1v) is 9.13. The topological polar surface area (TPSA) is 71.7 Å². The van der Waals surface area contributed by atoms with E-state index in [2.05, 4.69) is 41.6 Å². The van der Waals surface area contributed by atoms with Gasteiger partial charge >= 0.3 is 0 Å². The zero-order valence-corrected chi connectivity index (χ0v) is 18.0. The van der Waals surface area contributed by atoms with E-state index in [1.165, 1.54) is 19.3 Å². The van der Waals surface area contributed by atoms with Crippen LogP contribution < -0.4 is 10.6 Å². The van der Waals surface area contributed by atoms with E-state index in [0.717, 1.165) is 30.4 Å². The molecule has 0 aliphatic heterocycles. The Bertz CT molecular complexity index is 583. The van der Waals surface area contributed by atoms with Crippen LogP contribution in [0.4, 0.5) is 0 Å². The van der Waals surface area contributed by atoms with Gasteiger partial charge in [0.2, 0.25) is 0 Å². The minimum Gasteiger partial charge on any atom is -0.378 e. The molecule has 0 radical (unpaired) electrons. The maximum absolute atomic E-state index is 5.91. The van der Waals surface area contributed by atoms with Gasteiger partial charge in [-0.05, 0) is 32.1 Å². The number of aromatic nitrogens is 1. The molecule has 0 saturated heterocycles. The quantitative estimate of drug-likeness (QED) is 0.385. The predicted octanol–water partition coefficient (Wildman–Crippen LogP) is 3.43. The highest BCUT2D eigenvalue weighted by molar-refractivity contribution is 14.0. The third-order valence-corrected chi connectivity index (χ3v) is 5.57. The Morgan fingerprint density at radius 2 is 2.24 bits per heavy atom. The van der Waals surface area contributed by atoms with Crippen LogP contribution in [0.1, 0.15) is 63.8 Å². The van der Waals surface area contributed by atoms with Crippen molar-refractivity contribution in [1.29, 1.82) is 0 Å². The van der Waals surface area contributed by atoms with Crippen LogP contribution in [0.2, 0.25) is 0 Å². The van der Waals surface area contributed by atoms with Crippen molar-refractivity contribution in [2.24, 2.45) is 10.4 Å². The number of nitrogens with one attached hydrogen (secondary N) is 2. The molecule has 1 aromatic heterocycles. The molecule has 1 spiro atoms. The third-order valence-electron chi connectivity index (χ3n) is 5.57. The second-order valence-electron chi connectivity index (χ2n) is 7.26. The maximum Gasteiger partial charge on any atom is 0.191 e. The zero-order chi connectivity index (χ0) is 17.2. The largest absolute Gasteiger partial charge is 0.378 e. The van der Waals surface area contributed by atoms with Crippen molar-refractivity contribution < 1.29 is 9.26 Å². The zero-order valence-electron chi connectivity index (χ0n) is 15.7. The second-order valence-corrected chi connectivity index (χ2v) is 7.26. The molecule has 2 fully saturated rings. The van der Waals surface area contributed by atoms with Crippen molar-refractivity contribution in [2.45, 2.75) is 71.1 Å². The van der Waals surface area contributed by atoms with Crippen molar-refractivity contribution in [3.8, 4) is 0 Å². The summed E-state index contributed by atoms with van der Waals surface area (Å²) in [6.07, 6.45) is 5.30. The molecule has 0 aromatic carbocycles. The second kappa shape index (κ2) is 8.70. The van der Waals surface area contributed by atoms with E-state index in [1.807, 2.05) is 6.07 Å². The fourth-order valence-corrected chi connectivity index (χ4v) is 3.86. The standard InChI is InChI=1S/C18H30N4O2.HI/c1-5-23-16-10-15(18(16)7-6-8-18)21-17(19-4)20-11-13-9-14(12(2)3)22-24-13;/h9,12,15-16H,5-8,10-11H2,1-4H3,(H2,19,20,21);1H. The molecule has 2 aliphatic carbocycles. The summed E-state index contributed by atoms with van der Waals surface area (Å²) < 4.78 is 11.3. The van der Waals surface area contributed by atoms with Crippen molar-refractivity contribution in [3.05, 3.63) is 17.5 Å². The van der Waals surface area contributed by atoms with E-state index in [0.29, 0.717) is 30.0 Å². The first-order valence-electron chi connectivity index (χ1n) is 9.13. The Hall–Kier alpha value is -0.830. The molecule has 0 amide bonds. The number of halogens is 1. The molecule has 2 unspecified atom stereocenters. The van der Waals surface area contributed by atoms with Crippen LogP contribution in [0, 0.1) is 5.41 Å². The molecule has 6 nitrogen and oxygen atoms in total. The molecule has 1 heterocycles. The van der Waals surface area contributed by atoms with Gasteiger partial charge in [-0.25, -0.2) is 0 Å². The molecule has 3 rings (SSSR count). The number of rotatable bonds is 6. The van der Waals surface area contributed by atoms with Gasteiger partial charge in [-0.15, -0.1) is 24.0 Å². The van der Waals surface area contributed by atoms with E-state index >= 15 is 0 Å². The highest BCUT2D eigenvalue weighted by atomic mass is 127. The Kier molecular flexibility index (Phi) is 7.13. The van der Waals surface area contributed by atoms with Crippen molar-refractivity contribution >= 4 is 29.9 Å². The van der Waals surface area contributed by atoms with Gasteiger partial charge in [0.15, 0.2) is 11.7 Å². The number of hydrogen-bond donors (Lipinski definition) is 2. The molecule has 0 bridgehead atoms. The van der Waals surface area contributed by atoms with Crippen molar-refractivity contribution in [3.63, 3.8) is 0 Å². The number of nitrogens with zero attached hydrogens (tertiary/aromatic N) is 2. The average molecular weight is 462 g/mol. The molecular weight excluding hydrogens is 431 g/mol. The van der Waals surface area contributed by atoms with Gasteiger partial charge in [-0.3, -0.25) is 4.99 Å². The van der Waals surface area contributed by atoms with Crippen LogP contribution in [0.5, 0.6) is 0 Å². The lowest BCUT2D eigenvalue weighted by Gasteiger charge is -2.61. The van der Waals surface area contributed by atoms with Crippen LogP contribution >= 0.6 is 24.0 Å². The van der Waals surface area contributed by atoms with Gasteiger partial charge in [0.25, 0.3) is 0 Å². The Labute approximate surface area is 167 Å². The third kappa shape index (κ3) is 4.13. The summed E-state index contributed by atoms with van der Waals surface area (Å²) in [6.45, 7) is 7.69. The van der Waals surface area contributed by atoms with Crippen LogP contribution in [-0.2, 0) is 11.3 Å². The molecule has 7 heteroatoms. The van der Waals surface area contributed by atoms with E-state index < -0.39 is 0 Å².